The van der Waals surface area contributed by atoms with Crippen molar-refractivity contribution in [3.05, 3.63) is 71.3 Å². The average Bonchev–Trinajstić information content (AvgIpc) is 2.71. The minimum Gasteiger partial charge on any atom is -0.482 e. The summed E-state index contributed by atoms with van der Waals surface area (Å²) in [5, 5.41) is 12.0. The molecule has 0 saturated carbocycles. The van der Waals surface area contributed by atoms with Crippen LogP contribution in [0.25, 0.3) is 6.08 Å². The second-order valence-electron chi connectivity index (χ2n) is 5.60. The average molecular weight is 364 g/mol. The molecular weight excluding hydrogens is 344 g/mol. The van der Waals surface area contributed by atoms with Crippen LogP contribution >= 0.6 is 0 Å². The molecule has 0 aliphatic heterocycles. The van der Waals surface area contributed by atoms with Crippen molar-refractivity contribution in [3.8, 4) is 11.8 Å². The lowest BCUT2D eigenvalue weighted by molar-refractivity contribution is -0.142. The first-order valence-electron chi connectivity index (χ1n) is 8.36. The molecule has 0 bridgehead atoms. The van der Waals surface area contributed by atoms with Crippen LogP contribution < -0.4 is 10.1 Å². The van der Waals surface area contributed by atoms with Gasteiger partial charge in [-0.25, -0.2) is 4.79 Å². The predicted molar refractivity (Wildman–Crippen MR) is 101 cm³/mol. The van der Waals surface area contributed by atoms with Crippen LogP contribution in [0.1, 0.15) is 11.1 Å². The van der Waals surface area contributed by atoms with Crippen molar-refractivity contribution < 1.29 is 19.1 Å². The largest absolute Gasteiger partial charge is 0.482 e. The summed E-state index contributed by atoms with van der Waals surface area (Å²) in [5.41, 5.74) is 1.81. The summed E-state index contributed by atoms with van der Waals surface area (Å²) in [4.78, 5) is 23.2. The molecule has 0 radical (unpaired) electrons. The molecule has 2 aromatic carbocycles. The van der Waals surface area contributed by atoms with Gasteiger partial charge in [0, 0.05) is 6.54 Å². The van der Waals surface area contributed by atoms with E-state index in [4.69, 9.17) is 4.74 Å². The highest BCUT2D eigenvalue weighted by Gasteiger charge is 2.08. The van der Waals surface area contributed by atoms with E-state index in [-0.39, 0.29) is 12.2 Å². The third-order valence-electron chi connectivity index (χ3n) is 3.68. The normalized spacial score (nSPS) is 10.6. The van der Waals surface area contributed by atoms with Gasteiger partial charge < -0.3 is 14.8 Å². The molecule has 0 unspecified atom stereocenters. The van der Waals surface area contributed by atoms with E-state index in [1.165, 1.54) is 13.2 Å². The van der Waals surface area contributed by atoms with Crippen LogP contribution in [0.15, 0.2) is 60.2 Å². The number of carbonyl (C=O) groups excluding carboxylic acids is 2. The number of hydrogen-bond donors (Lipinski definition) is 1. The van der Waals surface area contributed by atoms with Gasteiger partial charge in [-0.1, -0.05) is 42.5 Å². The Labute approximate surface area is 158 Å². The molecule has 0 spiro atoms. The Morgan fingerprint density at radius 1 is 1.11 bits per heavy atom. The molecule has 27 heavy (non-hydrogen) atoms. The Morgan fingerprint density at radius 2 is 1.81 bits per heavy atom. The Bertz CT molecular complexity index is 837. The lowest BCUT2D eigenvalue weighted by Gasteiger charge is -2.06. The minimum atomic E-state index is -0.474. The molecule has 0 saturated heterocycles. The molecule has 0 atom stereocenters. The standard InChI is InChI=1S/C21H20N2O4/c1-26-20(24)15-27-19-9-7-17(8-10-19)13-18(14-22)21(25)23-12-11-16-5-3-2-4-6-16/h2-10,13H,11-12,15H2,1H3,(H,23,25)/b18-13+. The maximum Gasteiger partial charge on any atom is 0.343 e. The molecule has 1 amide bonds. The fourth-order valence-electron chi connectivity index (χ4n) is 2.24. The lowest BCUT2D eigenvalue weighted by Crippen LogP contribution is -2.26. The summed E-state index contributed by atoms with van der Waals surface area (Å²) in [7, 11) is 1.29. The van der Waals surface area contributed by atoms with Crippen LogP contribution in [0.5, 0.6) is 5.75 Å². The first-order chi connectivity index (χ1) is 13.1. The number of rotatable bonds is 8. The zero-order valence-corrected chi connectivity index (χ0v) is 15.0. The number of hydrogen-bond acceptors (Lipinski definition) is 5. The van der Waals surface area contributed by atoms with Gasteiger partial charge in [-0.2, -0.15) is 5.26 Å². The van der Waals surface area contributed by atoms with E-state index in [1.807, 2.05) is 36.4 Å². The fraction of sp³-hybridized carbons (Fsp3) is 0.190. The Hall–Kier alpha value is -3.59. The third kappa shape index (κ3) is 6.67. The monoisotopic (exact) mass is 364 g/mol. The van der Waals surface area contributed by atoms with Crippen LogP contribution in [0.4, 0.5) is 0 Å². The highest BCUT2D eigenvalue weighted by atomic mass is 16.6. The van der Waals surface area contributed by atoms with Crippen LogP contribution in [-0.2, 0) is 20.7 Å². The van der Waals surface area contributed by atoms with Gasteiger partial charge in [0.15, 0.2) is 6.61 Å². The topological polar surface area (TPSA) is 88.4 Å². The zero-order chi connectivity index (χ0) is 19.5. The molecule has 1 N–H and O–H groups in total. The molecule has 6 nitrogen and oxygen atoms in total. The summed E-state index contributed by atoms with van der Waals surface area (Å²) in [5.74, 6) is -0.402. The van der Waals surface area contributed by atoms with Gasteiger partial charge >= 0.3 is 5.97 Å². The second-order valence-corrected chi connectivity index (χ2v) is 5.60. The van der Waals surface area contributed by atoms with Crippen molar-refractivity contribution >= 4 is 18.0 Å². The Kier molecular flexibility index (Phi) is 7.61. The van der Waals surface area contributed by atoms with Crippen molar-refractivity contribution in [3.63, 3.8) is 0 Å². The van der Waals surface area contributed by atoms with Gasteiger partial charge in [0.25, 0.3) is 5.91 Å². The van der Waals surface area contributed by atoms with Crippen molar-refractivity contribution in [2.24, 2.45) is 0 Å². The first kappa shape index (κ1) is 19.7. The van der Waals surface area contributed by atoms with Gasteiger partial charge in [-0.3, -0.25) is 4.79 Å². The Balaban J connectivity index is 1.91. The van der Waals surface area contributed by atoms with E-state index in [0.29, 0.717) is 24.3 Å². The number of amides is 1. The van der Waals surface area contributed by atoms with E-state index in [1.54, 1.807) is 24.3 Å². The van der Waals surface area contributed by atoms with Gasteiger partial charge in [-0.05, 0) is 35.8 Å². The minimum absolute atomic E-state index is 0.0197. The van der Waals surface area contributed by atoms with Crippen LogP contribution in [0.2, 0.25) is 0 Å². The SMILES string of the molecule is COC(=O)COc1ccc(/C=C(\C#N)C(=O)NCCc2ccccc2)cc1. The number of nitrogens with zero attached hydrogens (tertiary/aromatic N) is 1. The molecule has 0 aromatic heterocycles. The smallest absolute Gasteiger partial charge is 0.343 e. The van der Waals surface area contributed by atoms with E-state index < -0.39 is 11.9 Å². The number of carbonyl (C=O) groups is 2. The first-order valence-corrected chi connectivity index (χ1v) is 8.36. The molecular formula is C21H20N2O4. The molecule has 0 aliphatic carbocycles. The number of nitrogens with one attached hydrogen (secondary N) is 1. The maximum atomic E-state index is 12.2. The number of nitriles is 1. The van der Waals surface area contributed by atoms with Gasteiger partial charge in [0.2, 0.25) is 0 Å². The summed E-state index contributed by atoms with van der Waals surface area (Å²) in [6.07, 6.45) is 2.19. The quantitative estimate of drug-likeness (QED) is 0.442. The maximum absolute atomic E-state index is 12.2. The zero-order valence-electron chi connectivity index (χ0n) is 15.0. The number of esters is 1. The van der Waals surface area contributed by atoms with Gasteiger partial charge in [-0.15, -0.1) is 0 Å². The van der Waals surface area contributed by atoms with E-state index in [9.17, 15) is 14.9 Å². The number of benzene rings is 2. The summed E-state index contributed by atoms with van der Waals surface area (Å²) in [6, 6.07) is 18.4. The van der Waals surface area contributed by atoms with Crippen LogP contribution in [0, 0.1) is 11.3 Å². The summed E-state index contributed by atoms with van der Waals surface area (Å²) >= 11 is 0. The number of methoxy groups -OCH3 is 1. The molecule has 0 fully saturated rings. The summed E-state index contributed by atoms with van der Waals surface area (Å²) < 4.78 is 9.74. The third-order valence-corrected chi connectivity index (χ3v) is 3.68. The van der Waals surface area contributed by atoms with Crippen molar-refractivity contribution in [1.82, 2.24) is 5.32 Å². The van der Waals surface area contributed by atoms with E-state index in [2.05, 4.69) is 10.1 Å². The molecule has 0 heterocycles. The van der Waals surface area contributed by atoms with Crippen molar-refractivity contribution in [2.45, 2.75) is 6.42 Å². The molecule has 0 aliphatic rings. The van der Waals surface area contributed by atoms with E-state index in [0.717, 1.165) is 5.56 Å². The Morgan fingerprint density at radius 3 is 2.44 bits per heavy atom. The van der Waals surface area contributed by atoms with Gasteiger partial charge in [0.05, 0.1) is 7.11 Å². The molecule has 2 aromatic rings. The van der Waals surface area contributed by atoms with Crippen molar-refractivity contribution in [1.29, 1.82) is 5.26 Å². The van der Waals surface area contributed by atoms with Gasteiger partial charge in [0.1, 0.15) is 17.4 Å². The fourth-order valence-corrected chi connectivity index (χ4v) is 2.24. The molecule has 2 rings (SSSR count). The highest BCUT2D eigenvalue weighted by Crippen LogP contribution is 2.14. The van der Waals surface area contributed by atoms with E-state index >= 15 is 0 Å². The lowest BCUT2D eigenvalue weighted by atomic mass is 10.1. The second kappa shape index (κ2) is 10.4. The number of ether oxygens (including phenoxy) is 2. The van der Waals surface area contributed by atoms with Crippen LogP contribution in [0.3, 0.4) is 0 Å². The summed E-state index contributed by atoms with van der Waals surface area (Å²) in [6.45, 7) is 0.265. The predicted octanol–water partition coefficient (Wildman–Crippen LogP) is 2.50. The highest BCUT2D eigenvalue weighted by molar-refractivity contribution is 6.01. The molecule has 6 heteroatoms. The molecule has 138 valence electrons. The van der Waals surface area contributed by atoms with Crippen LogP contribution in [-0.4, -0.2) is 32.1 Å². The van der Waals surface area contributed by atoms with Crippen molar-refractivity contribution in [2.75, 3.05) is 20.3 Å².